The monoisotopic (exact) mass is 317 g/mol. The fraction of sp³-hybridized carbons (Fsp3) is 0. The van der Waals surface area contributed by atoms with Crippen LogP contribution in [0.1, 0.15) is 0 Å². The zero-order valence-electron chi connectivity index (χ0n) is 7.55. The highest BCUT2D eigenvalue weighted by molar-refractivity contribution is 14.1. The molecule has 0 saturated carbocycles. The number of nitrogen functional groups attached to an aromatic ring is 2. The lowest BCUT2D eigenvalue weighted by Gasteiger charge is -2.04. The molecule has 8 heteroatoms. The van der Waals surface area contributed by atoms with Crippen molar-refractivity contribution >= 4 is 34.4 Å². The van der Waals surface area contributed by atoms with Crippen LogP contribution >= 0.6 is 22.6 Å². The van der Waals surface area contributed by atoms with Gasteiger partial charge in [0.25, 0.3) is 0 Å². The lowest BCUT2D eigenvalue weighted by atomic mass is 10.5. The summed E-state index contributed by atoms with van der Waals surface area (Å²) in [6.45, 7) is 0. The zero-order chi connectivity index (χ0) is 10.8. The fourth-order valence-electron chi connectivity index (χ4n) is 1.07. The molecular weight excluding hydrogens is 309 g/mol. The van der Waals surface area contributed by atoms with E-state index in [1.807, 2.05) is 6.20 Å². The standard InChI is InChI=1S/C7H8IN7/c8-4-2-11-15(3-4)6-1-5(14-10)12-7(9)13-6/h1-3H,10H2,(H3,9,12,13,14). The van der Waals surface area contributed by atoms with Crippen molar-refractivity contribution in [1.29, 1.82) is 0 Å². The number of hydrogen-bond acceptors (Lipinski definition) is 6. The van der Waals surface area contributed by atoms with Crippen LogP contribution in [0.25, 0.3) is 5.82 Å². The minimum absolute atomic E-state index is 0.144. The van der Waals surface area contributed by atoms with E-state index in [1.54, 1.807) is 16.9 Å². The highest BCUT2D eigenvalue weighted by atomic mass is 127. The fourth-order valence-corrected chi connectivity index (χ4v) is 1.46. The number of nitrogens with zero attached hydrogens (tertiary/aromatic N) is 4. The summed E-state index contributed by atoms with van der Waals surface area (Å²) in [7, 11) is 0. The quantitative estimate of drug-likeness (QED) is 0.413. The van der Waals surface area contributed by atoms with Gasteiger partial charge < -0.3 is 11.2 Å². The molecule has 0 bridgehead atoms. The lowest BCUT2D eigenvalue weighted by Crippen LogP contribution is -2.12. The Morgan fingerprint density at radius 3 is 2.80 bits per heavy atom. The van der Waals surface area contributed by atoms with Gasteiger partial charge in [-0.05, 0) is 22.6 Å². The van der Waals surface area contributed by atoms with Crippen LogP contribution in [0.2, 0.25) is 0 Å². The van der Waals surface area contributed by atoms with E-state index in [4.69, 9.17) is 11.6 Å². The molecule has 15 heavy (non-hydrogen) atoms. The molecule has 2 aromatic heterocycles. The van der Waals surface area contributed by atoms with E-state index in [1.165, 1.54) is 0 Å². The topological polar surface area (TPSA) is 108 Å². The van der Waals surface area contributed by atoms with E-state index in [2.05, 4.69) is 43.1 Å². The van der Waals surface area contributed by atoms with E-state index in [0.717, 1.165) is 3.57 Å². The molecule has 7 nitrogen and oxygen atoms in total. The first-order chi connectivity index (χ1) is 7.19. The summed E-state index contributed by atoms with van der Waals surface area (Å²) in [4.78, 5) is 7.91. The molecule has 0 radical (unpaired) electrons. The van der Waals surface area contributed by atoms with Crippen LogP contribution in [0.5, 0.6) is 0 Å². The Labute approximate surface area is 99.0 Å². The predicted octanol–water partition coefficient (Wildman–Crippen LogP) is 0.135. The SMILES string of the molecule is NNc1cc(-n2cc(I)cn2)nc(N)n1. The first kappa shape index (κ1) is 10.1. The molecule has 2 heterocycles. The number of anilines is 2. The van der Waals surface area contributed by atoms with Gasteiger partial charge >= 0.3 is 0 Å². The first-order valence-electron chi connectivity index (χ1n) is 4.01. The molecule has 2 rings (SSSR count). The molecule has 0 aliphatic carbocycles. The molecule has 5 N–H and O–H groups in total. The van der Waals surface area contributed by atoms with Crippen molar-refractivity contribution in [2.75, 3.05) is 11.2 Å². The normalized spacial score (nSPS) is 10.3. The Balaban J connectivity index is 2.48. The van der Waals surface area contributed by atoms with Crippen LogP contribution in [0.15, 0.2) is 18.5 Å². The van der Waals surface area contributed by atoms with Gasteiger partial charge in [0.15, 0.2) is 5.82 Å². The molecule has 78 valence electrons. The molecule has 0 spiro atoms. The third-order valence-electron chi connectivity index (χ3n) is 1.66. The maximum atomic E-state index is 5.52. The second-order valence-electron chi connectivity index (χ2n) is 2.72. The van der Waals surface area contributed by atoms with Crippen molar-refractivity contribution in [3.05, 3.63) is 22.0 Å². The molecule has 0 aliphatic rings. The minimum atomic E-state index is 0.144. The van der Waals surface area contributed by atoms with Crippen molar-refractivity contribution in [2.45, 2.75) is 0 Å². The van der Waals surface area contributed by atoms with Crippen molar-refractivity contribution in [3.63, 3.8) is 0 Å². The van der Waals surface area contributed by atoms with E-state index in [0.29, 0.717) is 11.6 Å². The van der Waals surface area contributed by atoms with Crippen LogP contribution in [-0.4, -0.2) is 19.7 Å². The van der Waals surface area contributed by atoms with Crippen molar-refractivity contribution < 1.29 is 0 Å². The highest BCUT2D eigenvalue weighted by Crippen LogP contribution is 2.12. The maximum Gasteiger partial charge on any atom is 0.224 e. The summed E-state index contributed by atoms with van der Waals surface area (Å²) in [5, 5.41) is 4.10. The van der Waals surface area contributed by atoms with Gasteiger partial charge in [0.1, 0.15) is 5.82 Å². The van der Waals surface area contributed by atoms with Crippen LogP contribution < -0.4 is 17.0 Å². The summed E-state index contributed by atoms with van der Waals surface area (Å²) in [6, 6.07) is 1.65. The molecule has 0 aliphatic heterocycles. The Kier molecular flexibility index (Phi) is 2.68. The third-order valence-corrected chi connectivity index (χ3v) is 2.22. The van der Waals surface area contributed by atoms with Gasteiger partial charge in [0.05, 0.1) is 9.77 Å². The van der Waals surface area contributed by atoms with Gasteiger partial charge in [-0.1, -0.05) is 0 Å². The lowest BCUT2D eigenvalue weighted by molar-refractivity contribution is 0.842. The average Bonchev–Trinajstić information content (AvgIpc) is 2.64. The summed E-state index contributed by atoms with van der Waals surface area (Å²) in [6.07, 6.45) is 3.54. The van der Waals surface area contributed by atoms with Crippen LogP contribution in [-0.2, 0) is 0 Å². The van der Waals surface area contributed by atoms with Gasteiger partial charge in [-0.2, -0.15) is 15.1 Å². The van der Waals surface area contributed by atoms with E-state index < -0.39 is 0 Å². The molecular formula is C7H8IN7. The second kappa shape index (κ2) is 3.98. The molecule has 0 fully saturated rings. The van der Waals surface area contributed by atoms with E-state index in [-0.39, 0.29) is 5.95 Å². The van der Waals surface area contributed by atoms with E-state index >= 15 is 0 Å². The number of nitrogens with one attached hydrogen (secondary N) is 1. The van der Waals surface area contributed by atoms with Gasteiger partial charge in [-0.15, -0.1) is 0 Å². The summed E-state index contributed by atoms with van der Waals surface area (Å²) >= 11 is 2.16. The van der Waals surface area contributed by atoms with Crippen molar-refractivity contribution in [1.82, 2.24) is 19.7 Å². The molecule has 0 atom stereocenters. The Bertz CT molecular complexity index is 480. The number of nitrogens with two attached hydrogens (primary N) is 2. The number of hydrazine groups is 1. The maximum absolute atomic E-state index is 5.52. The molecule has 0 saturated heterocycles. The van der Waals surface area contributed by atoms with Crippen LogP contribution in [0.4, 0.5) is 11.8 Å². The van der Waals surface area contributed by atoms with Gasteiger partial charge in [-0.25, -0.2) is 10.5 Å². The van der Waals surface area contributed by atoms with Crippen molar-refractivity contribution in [3.8, 4) is 5.82 Å². The Hall–Kier alpha value is -1.42. The molecule has 2 aromatic rings. The van der Waals surface area contributed by atoms with Gasteiger partial charge in [0, 0.05) is 12.3 Å². The summed E-state index contributed by atoms with van der Waals surface area (Å²) in [5.74, 6) is 6.40. The van der Waals surface area contributed by atoms with Crippen LogP contribution in [0.3, 0.4) is 0 Å². The third kappa shape index (κ3) is 2.15. The molecule has 0 unspecified atom stereocenters. The Morgan fingerprint density at radius 1 is 1.40 bits per heavy atom. The molecule has 0 amide bonds. The number of aromatic nitrogens is 4. The smallest absolute Gasteiger partial charge is 0.224 e. The predicted molar refractivity (Wildman–Crippen MR) is 64.1 cm³/mol. The van der Waals surface area contributed by atoms with Gasteiger partial charge in [-0.3, -0.25) is 0 Å². The summed E-state index contributed by atoms with van der Waals surface area (Å²) in [5.41, 5.74) is 7.93. The molecule has 0 aromatic carbocycles. The van der Waals surface area contributed by atoms with Gasteiger partial charge in [0.2, 0.25) is 5.95 Å². The summed E-state index contributed by atoms with van der Waals surface area (Å²) < 4.78 is 2.60. The van der Waals surface area contributed by atoms with Crippen LogP contribution in [0, 0.1) is 3.57 Å². The second-order valence-corrected chi connectivity index (χ2v) is 3.96. The number of halogens is 1. The Morgan fingerprint density at radius 2 is 2.20 bits per heavy atom. The van der Waals surface area contributed by atoms with Crippen molar-refractivity contribution in [2.24, 2.45) is 5.84 Å². The number of rotatable bonds is 2. The average molecular weight is 317 g/mol. The van der Waals surface area contributed by atoms with E-state index in [9.17, 15) is 0 Å². The number of hydrogen-bond donors (Lipinski definition) is 3. The minimum Gasteiger partial charge on any atom is -0.368 e. The first-order valence-corrected chi connectivity index (χ1v) is 5.08. The zero-order valence-corrected chi connectivity index (χ0v) is 9.71. The highest BCUT2D eigenvalue weighted by Gasteiger charge is 2.04. The largest absolute Gasteiger partial charge is 0.368 e.